The van der Waals surface area contributed by atoms with Gasteiger partial charge in [-0.15, -0.1) is 0 Å². The highest BCUT2D eigenvalue weighted by atomic mass is 32.2. The second-order valence-corrected chi connectivity index (χ2v) is 7.17. The first-order valence-electron chi connectivity index (χ1n) is 6.58. The molecule has 0 fully saturated rings. The predicted octanol–water partition coefficient (Wildman–Crippen LogP) is 1.54. The maximum Gasteiger partial charge on any atom is 0.261 e. The minimum absolute atomic E-state index is 0.00930. The maximum absolute atomic E-state index is 14.3. The summed E-state index contributed by atoms with van der Waals surface area (Å²) in [6.07, 6.45) is 5.09. The number of aromatic nitrogens is 3. The molecule has 3 rings (SSSR count). The molecule has 0 unspecified atom stereocenters. The zero-order chi connectivity index (χ0) is 16.8. The van der Waals surface area contributed by atoms with Gasteiger partial charge in [0.05, 0.1) is 15.8 Å². The number of rotatable bonds is 2. The van der Waals surface area contributed by atoms with Gasteiger partial charge in [0.25, 0.3) is 5.56 Å². The highest BCUT2D eigenvalue weighted by Gasteiger charge is 2.17. The molecule has 1 aromatic carbocycles. The lowest BCUT2D eigenvalue weighted by atomic mass is 10.0. The molecule has 0 aliphatic carbocycles. The van der Waals surface area contributed by atoms with E-state index in [1.54, 1.807) is 0 Å². The van der Waals surface area contributed by atoms with Crippen molar-refractivity contribution in [1.29, 1.82) is 0 Å². The molecule has 2 aromatic heterocycles. The van der Waals surface area contributed by atoms with Crippen LogP contribution < -0.4 is 5.56 Å². The number of hydrogen-bond donors (Lipinski definition) is 0. The summed E-state index contributed by atoms with van der Waals surface area (Å²) in [5.74, 6) is -0.601. The predicted molar refractivity (Wildman–Crippen MR) is 83.3 cm³/mol. The Bertz CT molecular complexity index is 1090. The van der Waals surface area contributed by atoms with Gasteiger partial charge in [-0.2, -0.15) is 0 Å². The third kappa shape index (κ3) is 2.61. The lowest BCUT2D eigenvalue weighted by Gasteiger charge is -2.10. The van der Waals surface area contributed by atoms with Gasteiger partial charge in [0.1, 0.15) is 12.1 Å². The summed E-state index contributed by atoms with van der Waals surface area (Å²) in [7, 11) is -1.97. The largest absolute Gasteiger partial charge is 0.317 e. The summed E-state index contributed by atoms with van der Waals surface area (Å²) in [6, 6.07) is 3.53. The number of pyridine rings is 1. The van der Waals surface area contributed by atoms with Crippen molar-refractivity contribution < 1.29 is 12.8 Å². The summed E-state index contributed by atoms with van der Waals surface area (Å²) in [4.78, 5) is 20.0. The second-order valence-electron chi connectivity index (χ2n) is 5.16. The van der Waals surface area contributed by atoms with Crippen LogP contribution in [0.5, 0.6) is 0 Å². The molecule has 0 spiro atoms. The minimum atomic E-state index is -3.49. The molecular weight excluding hydrogens is 321 g/mol. The van der Waals surface area contributed by atoms with Crippen LogP contribution in [0.25, 0.3) is 22.0 Å². The molecule has 23 heavy (non-hydrogen) atoms. The zero-order valence-electron chi connectivity index (χ0n) is 12.3. The van der Waals surface area contributed by atoms with Crippen molar-refractivity contribution in [3.63, 3.8) is 0 Å². The third-order valence-corrected chi connectivity index (χ3v) is 4.61. The number of aryl methyl sites for hydroxylation is 1. The molecule has 118 valence electrons. The van der Waals surface area contributed by atoms with Crippen LogP contribution in [0.4, 0.5) is 4.39 Å². The lowest BCUT2D eigenvalue weighted by molar-refractivity contribution is 0.600. The molecule has 6 nitrogen and oxygen atoms in total. The van der Waals surface area contributed by atoms with Gasteiger partial charge in [0, 0.05) is 36.8 Å². The molecule has 0 N–H and O–H groups in total. The van der Waals surface area contributed by atoms with Crippen LogP contribution in [0.15, 0.2) is 46.6 Å². The van der Waals surface area contributed by atoms with E-state index in [1.807, 2.05) is 0 Å². The Balaban J connectivity index is 2.43. The van der Waals surface area contributed by atoms with Crippen LogP contribution in [0, 0.1) is 5.82 Å². The Kier molecular flexibility index (Phi) is 3.48. The second kappa shape index (κ2) is 5.24. The Morgan fingerprint density at radius 1 is 1.22 bits per heavy atom. The molecule has 0 saturated carbocycles. The minimum Gasteiger partial charge on any atom is -0.317 e. The number of sulfone groups is 1. The zero-order valence-corrected chi connectivity index (χ0v) is 13.1. The van der Waals surface area contributed by atoms with E-state index in [-0.39, 0.29) is 26.9 Å². The summed E-state index contributed by atoms with van der Waals surface area (Å²) in [5.41, 5.74) is 0.344. The number of nitrogens with zero attached hydrogens (tertiary/aromatic N) is 3. The molecule has 0 atom stereocenters. The Labute approximate surface area is 131 Å². The Morgan fingerprint density at radius 2 is 1.96 bits per heavy atom. The van der Waals surface area contributed by atoms with E-state index in [9.17, 15) is 17.6 Å². The van der Waals surface area contributed by atoms with Crippen molar-refractivity contribution >= 4 is 20.7 Å². The van der Waals surface area contributed by atoms with Crippen LogP contribution in [-0.2, 0) is 16.9 Å². The summed E-state index contributed by atoms with van der Waals surface area (Å²) in [6.45, 7) is 0. The SMILES string of the molecule is Cn1cc(-c2cc(S(C)(=O)=O)ccc2F)c2ncncc2c1=O. The first-order chi connectivity index (χ1) is 10.8. The van der Waals surface area contributed by atoms with Gasteiger partial charge in [-0.05, 0) is 18.2 Å². The summed E-state index contributed by atoms with van der Waals surface area (Å²) in [5, 5.41) is 0.233. The highest BCUT2D eigenvalue weighted by Crippen LogP contribution is 2.29. The van der Waals surface area contributed by atoms with E-state index in [2.05, 4.69) is 9.97 Å². The molecule has 3 aromatic rings. The van der Waals surface area contributed by atoms with E-state index < -0.39 is 15.7 Å². The van der Waals surface area contributed by atoms with Crippen molar-refractivity contribution in [2.24, 2.45) is 7.05 Å². The van der Waals surface area contributed by atoms with Crippen LogP contribution >= 0.6 is 0 Å². The third-order valence-electron chi connectivity index (χ3n) is 3.50. The van der Waals surface area contributed by atoms with Gasteiger partial charge in [0.15, 0.2) is 9.84 Å². The number of halogens is 1. The van der Waals surface area contributed by atoms with E-state index in [4.69, 9.17) is 0 Å². The molecule has 0 amide bonds. The number of benzene rings is 1. The summed E-state index contributed by atoms with van der Waals surface area (Å²) < 4.78 is 39.0. The van der Waals surface area contributed by atoms with Crippen molar-refractivity contribution in [3.05, 3.63) is 53.1 Å². The molecule has 0 aliphatic rings. The van der Waals surface area contributed by atoms with Crippen LogP contribution in [0.1, 0.15) is 0 Å². The van der Waals surface area contributed by atoms with Gasteiger partial charge in [-0.25, -0.2) is 22.8 Å². The topological polar surface area (TPSA) is 81.9 Å². The molecule has 2 heterocycles. The highest BCUT2D eigenvalue weighted by molar-refractivity contribution is 7.90. The first kappa shape index (κ1) is 15.3. The summed E-state index contributed by atoms with van der Waals surface area (Å²) >= 11 is 0. The van der Waals surface area contributed by atoms with Crippen molar-refractivity contribution in [3.8, 4) is 11.1 Å². The Morgan fingerprint density at radius 3 is 2.65 bits per heavy atom. The van der Waals surface area contributed by atoms with E-state index in [0.29, 0.717) is 5.56 Å². The molecule has 0 radical (unpaired) electrons. The maximum atomic E-state index is 14.3. The fourth-order valence-corrected chi connectivity index (χ4v) is 2.99. The van der Waals surface area contributed by atoms with Crippen molar-refractivity contribution in [1.82, 2.24) is 14.5 Å². The van der Waals surface area contributed by atoms with Crippen LogP contribution in [0.3, 0.4) is 0 Å². The van der Waals surface area contributed by atoms with Gasteiger partial charge in [-0.3, -0.25) is 4.79 Å². The van der Waals surface area contributed by atoms with Crippen molar-refractivity contribution in [2.45, 2.75) is 4.90 Å². The number of hydrogen-bond acceptors (Lipinski definition) is 5. The van der Waals surface area contributed by atoms with Crippen LogP contribution in [0.2, 0.25) is 0 Å². The van der Waals surface area contributed by atoms with E-state index in [1.165, 1.54) is 42.5 Å². The van der Waals surface area contributed by atoms with Gasteiger partial charge in [-0.1, -0.05) is 0 Å². The van der Waals surface area contributed by atoms with Gasteiger partial charge in [0.2, 0.25) is 0 Å². The molecule has 0 aliphatic heterocycles. The molecular formula is C15H12FN3O3S. The standard InChI is InChI=1S/C15H12FN3O3S/c1-19-7-12(14-11(15(19)20)6-17-8-18-14)10-5-9(23(2,21)22)3-4-13(10)16/h3-8H,1-2H3. The molecule has 0 saturated heterocycles. The average Bonchev–Trinajstić information content (AvgIpc) is 2.50. The Hall–Kier alpha value is -2.61. The number of fused-ring (bicyclic) bond motifs is 1. The molecule has 8 heteroatoms. The van der Waals surface area contributed by atoms with E-state index >= 15 is 0 Å². The quantitative estimate of drug-likeness (QED) is 0.664. The van der Waals surface area contributed by atoms with Gasteiger partial charge >= 0.3 is 0 Å². The van der Waals surface area contributed by atoms with Crippen LogP contribution in [-0.4, -0.2) is 29.2 Å². The normalized spacial score (nSPS) is 11.8. The monoisotopic (exact) mass is 333 g/mol. The first-order valence-corrected chi connectivity index (χ1v) is 8.47. The fraction of sp³-hybridized carbons (Fsp3) is 0.133. The molecule has 0 bridgehead atoms. The van der Waals surface area contributed by atoms with E-state index in [0.717, 1.165) is 12.3 Å². The average molecular weight is 333 g/mol. The van der Waals surface area contributed by atoms with Crippen molar-refractivity contribution in [2.75, 3.05) is 6.26 Å². The fourth-order valence-electron chi connectivity index (χ4n) is 2.34. The smallest absolute Gasteiger partial charge is 0.261 e. The van der Waals surface area contributed by atoms with Gasteiger partial charge < -0.3 is 4.57 Å². The lowest BCUT2D eigenvalue weighted by Crippen LogP contribution is -2.17.